The van der Waals surface area contributed by atoms with Crippen LogP contribution in [0, 0.1) is 13.8 Å². The number of carbonyl (C=O) groups is 1. The van der Waals surface area contributed by atoms with Gasteiger partial charge in [0.1, 0.15) is 0 Å². The van der Waals surface area contributed by atoms with Crippen molar-refractivity contribution < 1.29 is 4.79 Å². The lowest BCUT2D eigenvalue weighted by molar-refractivity contribution is -0.124. The molecule has 3 aromatic rings. The summed E-state index contributed by atoms with van der Waals surface area (Å²) in [7, 11) is 0. The second-order valence-electron chi connectivity index (χ2n) is 7.21. The van der Waals surface area contributed by atoms with Gasteiger partial charge in [-0.2, -0.15) is 5.10 Å². The summed E-state index contributed by atoms with van der Waals surface area (Å²) in [6.45, 7) is 6.87. The molecule has 0 aliphatic carbocycles. The summed E-state index contributed by atoms with van der Waals surface area (Å²) >= 11 is 0. The van der Waals surface area contributed by atoms with Crippen molar-refractivity contribution in [3.05, 3.63) is 71.4 Å². The summed E-state index contributed by atoms with van der Waals surface area (Å²) < 4.78 is 1.94. The Balaban J connectivity index is 1.72. The van der Waals surface area contributed by atoms with Crippen LogP contribution in [0.4, 0.5) is 0 Å². The van der Waals surface area contributed by atoms with E-state index in [4.69, 9.17) is 5.10 Å². The van der Waals surface area contributed by atoms with Gasteiger partial charge in [-0.1, -0.05) is 41.5 Å². The van der Waals surface area contributed by atoms with E-state index in [9.17, 15) is 4.79 Å². The third-order valence-corrected chi connectivity index (χ3v) is 4.89. The molecule has 27 heavy (non-hydrogen) atoms. The van der Waals surface area contributed by atoms with Crippen molar-refractivity contribution in [2.45, 2.75) is 20.4 Å². The van der Waals surface area contributed by atoms with Gasteiger partial charge < -0.3 is 5.32 Å². The molecule has 0 bridgehead atoms. The highest BCUT2D eigenvalue weighted by atomic mass is 16.2. The highest BCUT2D eigenvalue weighted by Crippen LogP contribution is 2.26. The van der Waals surface area contributed by atoms with Crippen LogP contribution in [0.5, 0.6) is 0 Å². The van der Waals surface area contributed by atoms with Crippen molar-refractivity contribution in [3.63, 3.8) is 0 Å². The van der Waals surface area contributed by atoms with Crippen LogP contribution >= 0.6 is 0 Å². The van der Waals surface area contributed by atoms with Crippen LogP contribution in [-0.2, 0) is 11.3 Å². The molecule has 4 rings (SSSR count). The zero-order valence-electron chi connectivity index (χ0n) is 15.8. The number of nitrogens with zero attached hydrogens (tertiary/aromatic N) is 3. The summed E-state index contributed by atoms with van der Waals surface area (Å²) in [6, 6.07) is 16.8. The van der Waals surface area contributed by atoms with Crippen molar-refractivity contribution in [3.8, 4) is 16.9 Å². The van der Waals surface area contributed by atoms with Gasteiger partial charge >= 0.3 is 0 Å². The van der Waals surface area contributed by atoms with Crippen LogP contribution < -0.4 is 5.32 Å². The monoisotopic (exact) mass is 360 g/mol. The second-order valence-corrected chi connectivity index (χ2v) is 7.21. The second kappa shape index (κ2) is 7.37. The zero-order valence-corrected chi connectivity index (χ0v) is 15.8. The van der Waals surface area contributed by atoms with E-state index in [-0.39, 0.29) is 5.91 Å². The van der Waals surface area contributed by atoms with E-state index in [2.05, 4.69) is 78.8 Å². The molecule has 0 radical (unpaired) electrons. The Morgan fingerprint density at radius 3 is 2.63 bits per heavy atom. The number of aryl methyl sites for hydroxylation is 2. The molecule has 0 atom stereocenters. The topological polar surface area (TPSA) is 50.2 Å². The molecule has 1 amide bonds. The predicted octanol–water partition coefficient (Wildman–Crippen LogP) is 3.09. The Morgan fingerprint density at radius 1 is 1.07 bits per heavy atom. The summed E-state index contributed by atoms with van der Waals surface area (Å²) in [6.07, 6.45) is 2.09. The van der Waals surface area contributed by atoms with Crippen molar-refractivity contribution >= 4 is 5.91 Å². The van der Waals surface area contributed by atoms with Gasteiger partial charge in [-0.25, -0.2) is 4.68 Å². The molecular formula is C22H24N4O. The molecule has 0 spiro atoms. The lowest BCUT2D eigenvalue weighted by Gasteiger charge is -2.26. The third-order valence-electron chi connectivity index (χ3n) is 4.89. The van der Waals surface area contributed by atoms with E-state index in [0.717, 1.165) is 29.1 Å². The minimum absolute atomic E-state index is 0.0873. The number of benzene rings is 2. The predicted molar refractivity (Wildman–Crippen MR) is 107 cm³/mol. The van der Waals surface area contributed by atoms with Crippen molar-refractivity contribution in [2.24, 2.45) is 0 Å². The average Bonchev–Trinajstić information content (AvgIpc) is 3.06. The lowest BCUT2D eigenvalue weighted by Crippen LogP contribution is -2.47. The van der Waals surface area contributed by atoms with Crippen LogP contribution in [0.15, 0.2) is 54.7 Å². The number of hydrogen-bond donors (Lipinski definition) is 1. The van der Waals surface area contributed by atoms with Gasteiger partial charge in [-0.3, -0.25) is 9.69 Å². The molecule has 2 aromatic carbocycles. The van der Waals surface area contributed by atoms with E-state index in [1.54, 1.807) is 0 Å². The Bertz CT molecular complexity index is 959. The fourth-order valence-corrected chi connectivity index (χ4v) is 3.46. The number of aromatic nitrogens is 2. The molecule has 1 aliphatic rings. The SMILES string of the molecule is Cc1ccc(-n2cc(CN3CCNC(=O)C3)c(-c3cccc(C)c3)n2)cc1. The fourth-order valence-electron chi connectivity index (χ4n) is 3.46. The van der Waals surface area contributed by atoms with Crippen LogP contribution in [0.25, 0.3) is 16.9 Å². The maximum absolute atomic E-state index is 11.7. The van der Waals surface area contributed by atoms with Gasteiger partial charge in [-0.15, -0.1) is 0 Å². The highest BCUT2D eigenvalue weighted by molar-refractivity contribution is 5.78. The van der Waals surface area contributed by atoms with Crippen LogP contribution in [0.3, 0.4) is 0 Å². The first-order chi connectivity index (χ1) is 13.1. The van der Waals surface area contributed by atoms with E-state index in [1.165, 1.54) is 11.1 Å². The Labute approximate surface area is 159 Å². The average molecular weight is 360 g/mol. The minimum atomic E-state index is 0.0873. The highest BCUT2D eigenvalue weighted by Gasteiger charge is 2.20. The molecule has 5 nitrogen and oxygen atoms in total. The summed E-state index contributed by atoms with van der Waals surface area (Å²) in [5, 5.41) is 7.78. The van der Waals surface area contributed by atoms with Gasteiger partial charge in [0.2, 0.25) is 5.91 Å². The molecular weight excluding hydrogens is 336 g/mol. The van der Waals surface area contributed by atoms with Crippen LogP contribution in [-0.4, -0.2) is 40.2 Å². The number of hydrogen-bond acceptors (Lipinski definition) is 3. The number of amides is 1. The Hall–Kier alpha value is -2.92. The standard InChI is InChI=1S/C22H24N4O/c1-16-6-8-20(9-7-16)26-14-19(13-25-11-10-23-21(27)15-25)22(24-26)18-5-3-4-17(2)12-18/h3-9,12,14H,10-11,13,15H2,1-2H3,(H,23,27). The normalized spacial score (nSPS) is 15.0. The molecule has 1 saturated heterocycles. The van der Waals surface area contributed by atoms with E-state index in [0.29, 0.717) is 19.6 Å². The van der Waals surface area contributed by atoms with Crippen LogP contribution in [0.2, 0.25) is 0 Å². The molecule has 1 aromatic heterocycles. The quantitative estimate of drug-likeness (QED) is 0.778. The van der Waals surface area contributed by atoms with Gasteiger partial charge in [0.25, 0.3) is 0 Å². The Morgan fingerprint density at radius 2 is 1.89 bits per heavy atom. The van der Waals surface area contributed by atoms with Gasteiger partial charge in [0.05, 0.1) is 17.9 Å². The van der Waals surface area contributed by atoms with E-state index < -0.39 is 0 Å². The van der Waals surface area contributed by atoms with Crippen molar-refractivity contribution in [2.75, 3.05) is 19.6 Å². The summed E-state index contributed by atoms with van der Waals surface area (Å²) in [5.74, 6) is 0.0873. The minimum Gasteiger partial charge on any atom is -0.354 e. The molecule has 1 aliphatic heterocycles. The van der Waals surface area contributed by atoms with E-state index >= 15 is 0 Å². The van der Waals surface area contributed by atoms with Gasteiger partial charge in [0, 0.05) is 37.0 Å². The molecule has 1 N–H and O–H groups in total. The third kappa shape index (κ3) is 3.93. The lowest BCUT2D eigenvalue weighted by atomic mass is 10.1. The zero-order chi connectivity index (χ0) is 18.8. The Kier molecular flexibility index (Phi) is 4.77. The maximum Gasteiger partial charge on any atom is 0.234 e. The van der Waals surface area contributed by atoms with Gasteiger partial charge in [-0.05, 0) is 32.0 Å². The largest absolute Gasteiger partial charge is 0.354 e. The number of nitrogens with one attached hydrogen (secondary N) is 1. The molecule has 2 heterocycles. The van der Waals surface area contributed by atoms with Crippen molar-refractivity contribution in [1.29, 1.82) is 0 Å². The van der Waals surface area contributed by atoms with Gasteiger partial charge in [0.15, 0.2) is 0 Å². The molecule has 5 heteroatoms. The molecule has 138 valence electrons. The number of rotatable bonds is 4. The summed E-state index contributed by atoms with van der Waals surface area (Å²) in [5.41, 5.74) is 6.70. The first-order valence-electron chi connectivity index (χ1n) is 9.30. The first-order valence-corrected chi connectivity index (χ1v) is 9.30. The smallest absolute Gasteiger partial charge is 0.234 e. The maximum atomic E-state index is 11.7. The van der Waals surface area contributed by atoms with E-state index in [1.807, 2.05) is 4.68 Å². The number of carbonyl (C=O) groups excluding carboxylic acids is 1. The molecule has 0 saturated carbocycles. The molecule has 0 unspecified atom stereocenters. The molecule has 1 fully saturated rings. The van der Waals surface area contributed by atoms with Crippen molar-refractivity contribution in [1.82, 2.24) is 20.0 Å². The fraction of sp³-hybridized carbons (Fsp3) is 0.273. The summed E-state index contributed by atoms with van der Waals surface area (Å²) in [4.78, 5) is 13.9. The number of piperazine rings is 1. The van der Waals surface area contributed by atoms with Crippen LogP contribution in [0.1, 0.15) is 16.7 Å². The first kappa shape index (κ1) is 17.5.